The van der Waals surface area contributed by atoms with Crippen molar-refractivity contribution in [1.82, 2.24) is 10.2 Å². The number of fused-ring (bicyclic) bond motifs is 1. The zero-order valence-electron chi connectivity index (χ0n) is 11.9. The zero-order valence-corrected chi connectivity index (χ0v) is 11.9. The van der Waals surface area contributed by atoms with Crippen molar-refractivity contribution in [3.05, 3.63) is 35.1 Å². The molecule has 2 rings (SSSR count). The average Bonchev–Trinajstić information content (AvgIpc) is 2.45. The molecule has 0 radical (unpaired) electrons. The van der Waals surface area contributed by atoms with Crippen LogP contribution in [0.2, 0.25) is 0 Å². The van der Waals surface area contributed by atoms with Gasteiger partial charge in [0.05, 0.1) is 12.5 Å². The maximum atomic E-state index is 13.4. The molecule has 5 nitrogen and oxygen atoms in total. The minimum Gasteiger partial charge on any atom is -0.481 e. The summed E-state index contributed by atoms with van der Waals surface area (Å²) >= 11 is 0. The van der Waals surface area contributed by atoms with Gasteiger partial charge in [0.25, 0.3) is 0 Å². The average molecular weight is 294 g/mol. The third-order valence-corrected chi connectivity index (χ3v) is 3.73. The predicted molar refractivity (Wildman–Crippen MR) is 75.5 cm³/mol. The van der Waals surface area contributed by atoms with Crippen molar-refractivity contribution < 1.29 is 19.1 Å². The third kappa shape index (κ3) is 3.93. The second-order valence-electron chi connectivity index (χ2n) is 5.30. The summed E-state index contributed by atoms with van der Waals surface area (Å²) in [4.78, 5) is 23.9. The fraction of sp³-hybridized carbons (Fsp3) is 0.467. The minimum atomic E-state index is -0.945. The normalized spacial score (nSPS) is 17.0. The van der Waals surface area contributed by atoms with Crippen LogP contribution in [-0.2, 0) is 11.2 Å². The van der Waals surface area contributed by atoms with E-state index in [9.17, 15) is 14.0 Å². The van der Waals surface area contributed by atoms with Crippen molar-refractivity contribution in [3.8, 4) is 0 Å². The Balaban J connectivity index is 2.02. The first-order valence-electron chi connectivity index (χ1n) is 6.99. The fourth-order valence-electron chi connectivity index (χ4n) is 2.54. The first-order valence-corrected chi connectivity index (χ1v) is 6.99. The number of benzene rings is 1. The number of carbonyl (C=O) groups excluding carboxylic acids is 1. The van der Waals surface area contributed by atoms with Crippen LogP contribution in [0.5, 0.6) is 0 Å². The molecule has 2 N–H and O–H groups in total. The Bertz CT molecular complexity index is 548. The number of amides is 2. The van der Waals surface area contributed by atoms with Gasteiger partial charge in [0, 0.05) is 13.6 Å². The van der Waals surface area contributed by atoms with E-state index in [-0.39, 0.29) is 30.9 Å². The lowest BCUT2D eigenvalue weighted by atomic mass is 9.87. The van der Waals surface area contributed by atoms with Crippen molar-refractivity contribution in [2.75, 3.05) is 13.6 Å². The summed E-state index contributed by atoms with van der Waals surface area (Å²) in [5.41, 5.74) is 1.88. The summed E-state index contributed by atoms with van der Waals surface area (Å²) in [6.45, 7) is 0.143. The van der Waals surface area contributed by atoms with E-state index in [1.807, 2.05) is 0 Å². The number of hydrogen-bond acceptors (Lipinski definition) is 2. The SMILES string of the molecule is CN(CCC(=O)O)C(=O)N[C@H]1CCCc2ccc(F)cc21. The fourth-order valence-corrected chi connectivity index (χ4v) is 2.54. The van der Waals surface area contributed by atoms with Crippen molar-refractivity contribution in [2.24, 2.45) is 0 Å². The van der Waals surface area contributed by atoms with Crippen LogP contribution in [-0.4, -0.2) is 35.6 Å². The monoisotopic (exact) mass is 294 g/mol. The molecule has 21 heavy (non-hydrogen) atoms. The Hall–Kier alpha value is -2.11. The van der Waals surface area contributed by atoms with Gasteiger partial charge in [-0.1, -0.05) is 6.07 Å². The van der Waals surface area contributed by atoms with Gasteiger partial charge in [-0.2, -0.15) is 0 Å². The number of carbonyl (C=O) groups is 2. The summed E-state index contributed by atoms with van der Waals surface area (Å²) in [5.74, 6) is -1.26. The van der Waals surface area contributed by atoms with E-state index in [1.54, 1.807) is 13.1 Å². The van der Waals surface area contributed by atoms with Gasteiger partial charge in [-0.3, -0.25) is 4.79 Å². The molecule has 1 aromatic rings. The lowest BCUT2D eigenvalue weighted by Crippen LogP contribution is -2.41. The topological polar surface area (TPSA) is 69.6 Å². The lowest BCUT2D eigenvalue weighted by Gasteiger charge is -2.28. The van der Waals surface area contributed by atoms with E-state index in [4.69, 9.17) is 5.11 Å². The van der Waals surface area contributed by atoms with Crippen LogP contribution in [0.25, 0.3) is 0 Å². The lowest BCUT2D eigenvalue weighted by molar-refractivity contribution is -0.137. The first-order chi connectivity index (χ1) is 9.97. The molecule has 0 aliphatic heterocycles. The number of nitrogens with one attached hydrogen (secondary N) is 1. The van der Waals surface area contributed by atoms with Gasteiger partial charge < -0.3 is 15.3 Å². The van der Waals surface area contributed by atoms with Gasteiger partial charge in [0.15, 0.2) is 0 Å². The highest BCUT2D eigenvalue weighted by Crippen LogP contribution is 2.30. The van der Waals surface area contributed by atoms with Gasteiger partial charge in [0.1, 0.15) is 5.82 Å². The van der Waals surface area contributed by atoms with Gasteiger partial charge >= 0.3 is 12.0 Å². The Labute approximate surface area is 122 Å². The first kappa shape index (κ1) is 15.3. The number of rotatable bonds is 4. The summed E-state index contributed by atoms with van der Waals surface area (Å²) in [7, 11) is 1.55. The quantitative estimate of drug-likeness (QED) is 0.895. The number of carboxylic acid groups (broad SMARTS) is 1. The second kappa shape index (κ2) is 6.56. The molecule has 0 spiro atoms. The van der Waals surface area contributed by atoms with Gasteiger partial charge in [0.2, 0.25) is 0 Å². The van der Waals surface area contributed by atoms with Gasteiger partial charge in [-0.05, 0) is 42.5 Å². The predicted octanol–water partition coefficient (Wildman–Crippen LogP) is 2.32. The van der Waals surface area contributed by atoms with E-state index in [1.165, 1.54) is 17.0 Å². The number of hydrogen-bond donors (Lipinski definition) is 2. The third-order valence-electron chi connectivity index (χ3n) is 3.73. The molecule has 1 aromatic carbocycles. The molecule has 0 heterocycles. The second-order valence-corrected chi connectivity index (χ2v) is 5.30. The number of halogens is 1. The Morgan fingerprint density at radius 2 is 2.24 bits per heavy atom. The highest BCUT2D eigenvalue weighted by molar-refractivity contribution is 5.75. The molecular weight excluding hydrogens is 275 g/mol. The number of urea groups is 1. The molecular formula is C15H19FN2O3. The molecule has 0 unspecified atom stereocenters. The van der Waals surface area contributed by atoms with E-state index in [2.05, 4.69) is 5.32 Å². The number of aliphatic carboxylic acids is 1. The summed E-state index contributed by atoms with van der Waals surface area (Å²) in [6.07, 6.45) is 2.48. The van der Waals surface area contributed by atoms with Crippen molar-refractivity contribution >= 4 is 12.0 Å². The molecule has 1 atom stereocenters. The molecule has 6 heteroatoms. The van der Waals surface area contributed by atoms with E-state index < -0.39 is 5.97 Å². The standard InChI is InChI=1S/C15H19FN2O3/c1-18(8-7-14(19)20)15(21)17-13-4-2-3-10-5-6-11(16)9-12(10)13/h5-6,9,13H,2-4,7-8H2,1H3,(H,17,21)(H,19,20)/t13-/m0/s1. The summed E-state index contributed by atoms with van der Waals surface area (Å²) < 4.78 is 13.4. The smallest absolute Gasteiger partial charge is 0.317 e. The highest BCUT2D eigenvalue weighted by Gasteiger charge is 2.23. The Kier molecular flexibility index (Phi) is 4.77. The van der Waals surface area contributed by atoms with Crippen LogP contribution >= 0.6 is 0 Å². The Morgan fingerprint density at radius 3 is 2.95 bits per heavy atom. The van der Waals surface area contributed by atoms with Crippen LogP contribution in [0.15, 0.2) is 18.2 Å². The molecule has 0 aromatic heterocycles. The maximum absolute atomic E-state index is 13.4. The number of carboxylic acids is 1. The van der Waals surface area contributed by atoms with Crippen molar-refractivity contribution in [2.45, 2.75) is 31.7 Å². The molecule has 0 fully saturated rings. The molecule has 0 saturated heterocycles. The molecule has 114 valence electrons. The molecule has 0 bridgehead atoms. The minimum absolute atomic E-state index is 0.0974. The van der Waals surface area contributed by atoms with Gasteiger partial charge in [-0.25, -0.2) is 9.18 Å². The molecule has 0 saturated carbocycles. The maximum Gasteiger partial charge on any atom is 0.317 e. The highest BCUT2D eigenvalue weighted by atomic mass is 19.1. The van der Waals surface area contributed by atoms with Gasteiger partial charge in [-0.15, -0.1) is 0 Å². The van der Waals surface area contributed by atoms with Crippen LogP contribution in [0, 0.1) is 5.82 Å². The van der Waals surface area contributed by atoms with Crippen LogP contribution in [0.3, 0.4) is 0 Å². The zero-order chi connectivity index (χ0) is 15.4. The summed E-state index contributed by atoms with van der Waals surface area (Å²) in [6, 6.07) is 4.11. The van der Waals surface area contributed by atoms with Crippen LogP contribution in [0.4, 0.5) is 9.18 Å². The molecule has 1 aliphatic carbocycles. The molecule has 2 amide bonds. The number of nitrogens with zero attached hydrogens (tertiary/aromatic N) is 1. The Morgan fingerprint density at radius 1 is 1.48 bits per heavy atom. The van der Waals surface area contributed by atoms with E-state index in [0.29, 0.717) is 0 Å². The van der Waals surface area contributed by atoms with Crippen molar-refractivity contribution in [3.63, 3.8) is 0 Å². The van der Waals surface area contributed by atoms with Crippen molar-refractivity contribution in [1.29, 1.82) is 0 Å². The van der Waals surface area contributed by atoms with E-state index in [0.717, 1.165) is 30.4 Å². The van der Waals surface area contributed by atoms with E-state index >= 15 is 0 Å². The summed E-state index contributed by atoms with van der Waals surface area (Å²) in [5, 5.41) is 11.5. The van der Waals surface area contributed by atoms with Crippen LogP contribution in [0.1, 0.15) is 36.4 Å². The van der Waals surface area contributed by atoms with Crippen LogP contribution < -0.4 is 5.32 Å². The largest absolute Gasteiger partial charge is 0.481 e. The number of aryl methyl sites for hydroxylation is 1. The molecule has 1 aliphatic rings.